The average molecular weight is 304 g/mol. The van der Waals surface area contributed by atoms with Gasteiger partial charge in [0.2, 0.25) is 5.78 Å². The van der Waals surface area contributed by atoms with E-state index >= 15 is 0 Å². The molecule has 1 heterocycles. The molecule has 1 aliphatic rings. The molecule has 0 bridgehead atoms. The second-order valence-corrected chi connectivity index (χ2v) is 5.10. The van der Waals surface area contributed by atoms with Crippen LogP contribution in [0.5, 0.6) is 11.5 Å². The van der Waals surface area contributed by atoms with E-state index in [9.17, 15) is 4.79 Å². The van der Waals surface area contributed by atoms with Crippen LogP contribution < -0.4 is 14.8 Å². The van der Waals surface area contributed by atoms with Crippen molar-refractivity contribution in [2.24, 2.45) is 0 Å². The van der Waals surface area contributed by atoms with Crippen LogP contribution in [-0.2, 0) is 0 Å². The maximum Gasteiger partial charge on any atom is 0.205 e. The molecule has 5 heteroatoms. The number of benzene rings is 2. The normalized spacial score (nSPS) is 16.4. The zero-order chi connectivity index (χ0) is 14.8. The van der Waals surface area contributed by atoms with Gasteiger partial charge in [-0.3, -0.25) is 4.79 Å². The van der Waals surface area contributed by atoms with Gasteiger partial charge in [0.05, 0.1) is 24.4 Å². The van der Waals surface area contributed by atoms with Gasteiger partial charge < -0.3 is 14.8 Å². The van der Waals surface area contributed by atoms with Gasteiger partial charge in [0.25, 0.3) is 0 Å². The highest BCUT2D eigenvalue weighted by Crippen LogP contribution is 2.30. The molecule has 21 heavy (non-hydrogen) atoms. The predicted octanol–water partition coefficient (Wildman–Crippen LogP) is 3.40. The van der Waals surface area contributed by atoms with E-state index in [-0.39, 0.29) is 5.78 Å². The maximum absolute atomic E-state index is 12.5. The molecule has 108 valence electrons. The number of hydrogen-bond donors (Lipinski definition) is 1. The Balaban J connectivity index is 1.84. The molecule has 2 aromatic carbocycles. The molecular weight excluding hydrogens is 290 g/mol. The lowest BCUT2D eigenvalue weighted by molar-refractivity contribution is 0.0801. The van der Waals surface area contributed by atoms with Crippen LogP contribution >= 0.6 is 11.6 Å². The van der Waals surface area contributed by atoms with Crippen LogP contribution in [0.3, 0.4) is 0 Å². The molecule has 1 atom stereocenters. The molecule has 1 N–H and O–H groups in total. The smallest absolute Gasteiger partial charge is 0.205 e. The molecule has 0 saturated heterocycles. The summed E-state index contributed by atoms with van der Waals surface area (Å²) in [5, 5.41) is 3.67. The number of ether oxygens (including phenoxy) is 2. The van der Waals surface area contributed by atoms with Crippen LogP contribution in [0.1, 0.15) is 10.4 Å². The van der Waals surface area contributed by atoms with E-state index in [2.05, 4.69) is 5.32 Å². The first-order chi connectivity index (χ1) is 10.2. The second kappa shape index (κ2) is 5.66. The molecule has 0 radical (unpaired) electrons. The van der Waals surface area contributed by atoms with E-state index in [1.165, 1.54) is 7.11 Å². The molecule has 4 nitrogen and oxygen atoms in total. The summed E-state index contributed by atoms with van der Waals surface area (Å²) in [6.07, 6.45) is -0.564. The molecule has 0 saturated carbocycles. The van der Waals surface area contributed by atoms with Crippen molar-refractivity contribution in [1.82, 2.24) is 0 Å². The Morgan fingerprint density at radius 1 is 1.33 bits per heavy atom. The van der Waals surface area contributed by atoms with Gasteiger partial charge in [-0.05, 0) is 30.3 Å². The Hall–Kier alpha value is -2.20. The van der Waals surface area contributed by atoms with Crippen molar-refractivity contribution in [1.29, 1.82) is 0 Å². The van der Waals surface area contributed by atoms with E-state index < -0.39 is 6.10 Å². The summed E-state index contributed by atoms with van der Waals surface area (Å²) < 4.78 is 10.9. The molecule has 0 fully saturated rings. The molecule has 1 unspecified atom stereocenters. The predicted molar refractivity (Wildman–Crippen MR) is 81.7 cm³/mol. The van der Waals surface area contributed by atoms with E-state index in [0.717, 1.165) is 5.69 Å². The summed E-state index contributed by atoms with van der Waals surface area (Å²) >= 11 is 5.97. The lowest BCUT2D eigenvalue weighted by atomic mass is 10.0. The monoisotopic (exact) mass is 303 g/mol. The number of fused-ring (bicyclic) bond motifs is 1. The van der Waals surface area contributed by atoms with Gasteiger partial charge in [-0.1, -0.05) is 23.7 Å². The largest absolute Gasteiger partial charge is 0.495 e. The van der Waals surface area contributed by atoms with Crippen molar-refractivity contribution < 1.29 is 14.3 Å². The number of para-hydroxylation sites is 2. The van der Waals surface area contributed by atoms with Crippen molar-refractivity contribution in [3.8, 4) is 11.5 Å². The highest BCUT2D eigenvalue weighted by Gasteiger charge is 2.27. The van der Waals surface area contributed by atoms with Crippen molar-refractivity contribution in [3.05, 3.63) is 53.1 Å². The van der Waals surface area contributed by atoms with Crippen LogP contribution in [0.25, 0.3) is 0 Å². The summed E-state index contributed by atoms with van der Waals surface area (Å²) in [6.45, 7) is 0.431. The molecule has 0 spiro atoms. The first kappa shape index (κ1) is 13.8. The van der Waals surface area contributed by atoms with Gasteiger partial charge in [0.1, 0.15) is 11.5 Å². The van der Waals surface area contributed by atoms with Gasteiger partial charge in [-0.2, -0.15) is 0 Å². The van der Waals surface area contributed by atoms with Gasteiger partial charge in [0.15, 0.2) is 6.10 Å². The Labute approximate surface area is 127 Å². The summed E-state index contributed by atoms with van der Waals surface area (Å²) in [4.78, 5) is 12.5. The Morgan fingerprint density at radius 2 is 2.14 bits per heavy atom. The van der Waals surface area contributed by atoms with Gasteiger partial charge in [-0.15, -0.1) is 0 Å². The second-order valence-electron chi connectivity index (χ2n) is 4.70. The summed E-state index contributed by atoms with van der Waals surface area (Å²) in [5.74, 6) is 1.06. The van der Waals surface area contributed by atoms with Crippen molar-refractivity contribution >= 4 is 23.1 Å². The SMILES string of the molecule is COc1cc(C(=O)C2CNc3ccccc3O2)ccc1Cl. The molecule has 0 aliphatic carbocycles. The van der Waals surface area contributed by atoms with Crippen LogP contribution in [0.2, 0.25) is 5.02 Å². The number of nitrogens with one attached hydrogen (secondary N) is 1. The van der Waals surface area contributed by atoms with Crippen molar-refractivity contribution in [2.75, 3.05) is 19.0 Å². The van der Waals surface area contributed by atoms with E-state index in [1.807, 2.05) is 24.3 Å². The number of rotatable bonds is 3. The molecule has 1 aliphatic heterocycles. The molecular formula is C16H14ClNO3. The molecule has 3 rings (SSSR count). The van der Waals surface area contributed by atoms with Crippen LogP contribution in [-0.4, -0.2) is 25.5 Å². The molecule has 2 aromatic rings. The zero-order valence-electron chi connectivity index (χ0n) is 11.4. The summed E-state index contributed by atoms with van der Waals surface area (Å²) in [6, 6.07) is 12.5. The fourth-order valence-electron chi connectivity index (χ4n) is 2.26. The van der Waals surface area contributed by atoms with Crippen molar-refractivity contribution in [2.45, 2.75) is 6.10 Å². The van der Waals surface area contributed by atoms with Crippen LogP contribution in [0.4, 0.5) is 5.69 Å². The fourth-order valence-corrected chi connectivity index (χ4v) is 2.45. The number of methoxy groups -OCH3 is 1. The third-order valence-corrected chi connectivity index (χ3v) is 3.67. The number of ketones is 1. The first-order valence-electron chi connectivity index (χ1n) is 6.56. The number of hydrogen-bond acceptors (Lipinski definition) is 4. The average Bonchev–Trinajstić information content (AvgIpc) is 2.54. The first-order valence-corrected chi connectivity index (χ1v) is 6.94. The highest BCUT2D eigenvalue weighted by atomic mass is 35.5. The topological polar surface area (TPSA) is 47.6 Å². The van der Waals surface area contributed by atoms with Crippen LogP contribution in [0, 0.1) is 0 Å². The summed E-state index contributed by atoms with van der Waals surface area (Å²) in [7, 11) is 1.52. The quantitative estimate of drug-likeness (QED) is 0.883. The Morgan fingerprint density at radius 3 is 2.95 bits per heavy atom. The minimum absolute atomic E-state index is 0.105. The number of halogens is 1. The van der Waals surface area contributed by atoms with Gasteiger partial charge in [0, 0.05) is 5.56 Å². The van der Waals surface area contributed by atoms with Crippen LogP contribution in [0.15, 0.2) is 42.5 Å². The number of carbonyl (C=O) groups excluding carboxylic acids is 1. The Bertz CT molecular complexity index is 687. The highest BCUT2D eigenvalue weighted by molar-refractivity contribution is 6.32. The van der Waals surface area contributed by atoms with E-state index in [0.29, 0.717) is 28.6 Å². The Kier molecular flexibility index (Phi) is 3.71. The number of carbonyl (C=O) groups is 1. The van der Waals surface area contributed by atoms with E-state index in [4.69, 9.17) is 21.1 Å². The van der Waals surface area contributed by atoms with E-state index in [1.54, 1.807) is 18.2 Å². The third-order valence-electron chi connectivity index (χ3n) is 3.36. The molecule has 0 aromatic heterocycles. The zero-order valence-corrected chi connectivity index (χ0v) is 12.2. The lowest BCUT2D eigenvalue weighted by Gasteiger charge is -2.26. The standard InChI is InChI=1S/C16H14ClNO3/c1-20-14-8-10(6-7-11(14)17)16(19)15-9-18-12-4-2-3-5-13(12)21-15/h2-8,15,18H,9H2,1H3. The third kappa shape index (κ3) is 2.67. The number of Topliss-reactive ketones (excluding diaryl/α,β-unsaturated/α-hetero) is 1. The number of anilines is 1. The maximum atomic E-state index is 12.5. The fraction of sp³-hybridized carbons (Fsp3) is 0.188. The minimum Gasteiger partial charge on any atom is -0.495 e. The van der Waals surface area contributed by atoms with Crippen molar-refractivity contribution in [3.63, 3.8) is 0 Å². The summed E-state index contributed by atoms with van der Waals surface area (Å²) in [5.41, 5.74) is 1.41. The van der Waals surface area contributed by atoms with Gasteiger partial charge >= 0.3 is 0 Å². The van der Waals surface area contributed by atoms with Gasteiger partial charge in [-0.25, -0.2) is 0 Å². The lowest BCUT2D eigenvalue weighted by Crippen LogP contribution is -2.37. The molecule has 0 amide bonds. The minimum atomic E-state index is -0.564.